The van der Waals surface area contributed by atoms with E-state index in [-0.39, 0.29) is 38.8 Å². The molecule has 0 aromatic heterocycles. The summed E-state index contributed by atoms with van der Waals surface area (Å²) in [6, 6.07) is 8.74. The van der Waals surface area contributed by atoms with Crippen LogP contribution in [0.1, 0.15) is 28.7 Å². The first-order valence-electron chi connectivity index (χ1n) is 16.2. The summed E-state index contributed by atoms with van der Waals surface area (Å²) in [4.78, 5) is 17.3. The lowest BCUT2D eigenvalue weighted by molar-refractivity contribution is -0.151. The van der Waals surface area contributed by atoms with E-state index in [1.54, 1.807) is 20.3 Å². The molecule has 10 rings (SSSR count). The molecule has 2 fully saturated rings. The maximum absolute atomic E-state index is 12.6. The van der Waals surface area contributed by atoms with E-state index in [2.05, 4.69) is 47.3 Å². The molecule has 0 amide bonds. The summed E-state index contributed by atoms with van der Waals surface area (Å²) < 4.78 is 29.6. The van der Waals surface area contributed by atoms with Gasteiger partial charge in [0.25, 0.3) is 9.38 Å². The first-order chi connectivity index (χ1) is 22.2. The van der Waals surface area contributed by atoms with Gasteiger partial charge in [-0.25, -0.2) is 0 Å². The molecule has 239 valence electrons. The fourth-order valence-electron chi connectivity index (χ4n) is 10.7. The van der Waals surface area contributed by atoms with Crippen molar-refractivity contribution in [3.8, 4) is 23.0 Å². The molecule has 4 aliphatic heterocycles. The number of carbonyl (C=O) groups is 1. The van der Waals surface area contributed by atoms with Crippen molar-refractivity contribution in [1.29, 1.82) is 0 Å². The lowest BCUT2D eigenvalue weighted by Gasteiger charge is -2.60. The number of ketones is 1. The van der Waals surface area contributed by atoms with Crippen molar-refractivity contribution in [2.75, 3.05) is 41.4 Å². The second kappa shape index (κ2) is 9.56. The van der Waals surface area contributed by atoms with E-state index in [1.807, 2.05) is 19.2 Å². The van der Waals surface area contributed by atoms with Crippen LogP contribution in [0.5, 0.6) is 23.0 Å². The number of carbonyl (C=O) groups excluding carboxylic acids is 1. The molecule has 4 heterocycles. The second-order valence-electron chi connectivity index (χ2n) is 14.1. The highest BCUT2D eigenvalue weighted by atomic mass is 28.2. The van der Waals surface area contributed by atoms with Gasteiger partial charge in [-0.2, -0.15) is 0 Å². The Morgan fingerprint density at radius 1 is 0.978 bits per heavy atom. The Labute approximate surface area is 271 Å². The Hall–Kier alpha value is -3.44. The van der Waals surface area contributed by atoms with Gasteiger partial charge < -0.3 is 33.4 Å². The number of piperidine rings is 1. The number of benzene rings is 2. The molecule has 0 saturated carbocycles. The van der Waals surface area contributed by atoms with E-state index in [0.717, 1.165) is 48.6 Å². The van der Waals surface area contributed by atoms with Gasteiger partial charge in [0.2, 0.25) is 0 Å². The Bertz CT molecular complexity index is 1760. The van der Waals surface area contributed by atoms with Gasteiger partial charge in [0.1, 0.15) is 17.8 Å². The third-order valence-electron chi connectivity index (χ3n) is 12.5. The summed E-state index contributed by atoms with van der Waals surface area (Å²) in [7, 11) is 7.82. The molecule has 9 nitrogen and oxygen atoms in total. The van der Waals surface area contributed by atoms with Gasteiger partial charge in [0.05, 0.1) is 25.0 Å². The predicted molar refractivity (Wildman–Crippen MR) is 173 cm³/mol. The average molecular weight is 640 g/mol. The maximum atomic E-state index is 12.6. The van der Waals surface area contributed by atoms with Crippen LogP contribution < -0.4 is 18.9 Å². The van der Waals surface area contributed by atoms with E-state index >= 15 is 0 Å². The number of likely N-dealkylation sites (tertiary alicyclic amines) is 2. The SMILES string of the molecule is C=[Si]OC1C=CC2C3Cc4ccc(OC)c5c4[C@@]2(CN3C)C1O5.COc1ccc2c3c1OC1C(=O)C=CC4(O)C(C2)N(C)CC[C@]314. The molecule has 2 aromatic rings. The normalized spacial score (nSPS) is 39.4. The van der Waals surface area contributed by atoms with Crippen LogP contribution in [0.25, 0.3) is 0 Å². The number of hydrogen-bond acceptors (Lipinski definition) is 9. The van der Waals surface area contributed by atoms with E-state index in [1.165, 1.54) is 17.2 Å². The number of methoxy groups -OCH3 is 2. The molecule has 1 radical (unpaired) electrons. The molecule has 4 bridgehead atoms. The summed E-state index contributed by atoms with van der Waals surface area (Å²) >= 11 is 0. The number of nitrogens with zero attached hydrogens (tertiary/aromatic N) is 2. The van der Waals surface area contributed by atoms with Crippen molar-refractivity contribution in [2.24, 2.45) is 5.92 Å². The fourth-order valence-corrected chi connectivity index (χ4v) is 11.1. The number of hydrogen-bond donors (Lipinski definition) is 1. The van der Waals surface area contributed by atoms with Crippen molar-refractivity contribution >= 4 is 21.3 Å². The first-order valence-corrected chi connectivity index (χ1v) is 17.3. The minimum Gasteiger partial charge on any atom is -0.538 e. The zero-order valence-corrected chi connectivity index (χ0v) is 27.6. The van der Waals surface area contributed by atoms with Gasteiger partial charge in [-0.1, -0.05) is 24.4 Å². The van der Waals surface area contributed by atoms with Gasteiger partial charge in [0.15, 0.2) is 34.9 Å². The lowest BCUT2D eigenvalue weighted by atomic mass is 9.51. The number of likely N-dealkylation sites (N-methyl/N-ethyl adjacent to an activating group) is 2. The van der Waals surface area contributed by atoms with Crippen LogP contribution in [0, 0.1) is 5.92 Å². The highest BCUT2D eigenvalue weighted by Crippen LogP contribution is 2.64. The van der Waals surface area contributed by atoms with Crippen molar-refractivity contribution in [3.05, 3.63) is 70.8 Å². The highest BCUT2D eigenvalue weighted by Gasteiger charge is 2.72. The smallest absolute Gasteiger partial charge is 0.274 e. The van der Waals surface area contributed by atoms with Crippen LogP contribution in [-0.2, 0) is 32.9 Å². The van der Waals surface area contributed by atoms with E-state index in [4.69, 9.17) is 23.4 Å². The van der Waals surface area contributed by atoms with Crippen LogP contribution in [0.4, 0.5) is 0 Å². The van der Waals surface area contributed by atoms with Crippen LogP contribution >= 0.6 is 0 Å². The van der Waals surface area contributed by atoms with E-state index in [0.29, 0.717) is 29.9 Å². The summed E-state index contributed by atoms with van der Waals surface area (Å²) in [6.07, 6.45) is 13.5. The van der Waals surface area contributed by atoms with Crippen LogP contribution in [-0.4, -0.2) is 114 Å². The number of ether oxygens (including phenoxy) is 4. The molecule has 2 spiro atoms. The predicted octanol–water partition coefficient (Wildman–Crippen LogP) is 2.01. The monoisotopic (exact) mass is 639 g/mol. The molecule has 1 N–H and O–H groups in total. The minimum absolute atomic E-state index is 0.00403. The van der Waals surface area contributed by atoms with Crippen LogP contribution in [0.2, 0.25) is 0 Å². The molecular weight excluding hydrogens is 600 g/mol. The largest absolute Gasteiger partial charge is 0.538 e. The van der Waals surface area contributed by atoms with Crippen molar-refractivity contribution < 1.29 is 33.3 Å². The third-order valence-corrected chi connectivity index (χ3v) is 13.0. The zero-order valence-electron chi connectivity index (χ0n) is 26.6. The third kappa shape index (κ3) is 3.21. The number of aliphatic hydroxyl groups is 1. The van der Waals surface area contributed by atoms with Gasteiger partial charge in [-0.05, 0) is 81.4 Å². The Morgan fingerprint density at radius 3 is 2.41 bits per heavy atom. The molecule has 7 unspecified atom stereocenters. The van der Waals surface area contributed by atoms with E-state index < -0.39 is 17.1 Å². The van der Waals surface area contributed by atoms with Gasteiger partial charge in [-0.3, -0.25) is 9.69 Å². The quantitative estimate of drug-likeness (QED) is 0.399. The van der Waals surface area contributed by atoms with Crippen molar-refractivity contribution in [2.45, 2.75) is 66.1 Å². The molecule has 10 heteroatoms. The molecule has 4 aliphatic carbocycles. The number of rotatable bonds is 4. The van der Waals surface area contributed by atoms with Crippen LogP contribution in [0.3, 0.4) is 0 Å². The summed E-state index contributed by atoms with van der Waals surface area (Å²) in [5.41, 5.74) is 3.17. The Kier molecular flexibility index (Phi) is 5.98. The van der Waals surface area contributed by atoms with Crippen LogP contribution in [0.15, 0.2) is 48.6 Å². The molecule has 2 saturated heterocycles. The highest BCUT2D eigenvalue weighted by molar-refractivity contribution is 6.34. The Morgan fingerprint density at radius 2 is 1.70 bits per heavy atom. The fraction of sp³-hybridized carbons (Fsp3) is 0.500. The molecule has 46 heavy (non-hydrogen) atoms. The molecular formula is C36H39N2O7Si. The lowest BCUT2D eigenvalue weighted by Crippen LogP contribution is -2.74. The molecule has 2 aromatic carbocycles. The van der Waals surface area contributed by atoms with Crippen molar-refractivity contribution in [1.82, 2.24) is 9.80 Å². The zero-order chi connectivity index (χ0) is 31.7. The molecule has 8 aliphatic rings. The molecule has 9 atom stereocenters. The van der Waals surface area contributed by atoms with Gasteiger partial charge in [0, 0.05) is 35.7 Å². The minimum atomic E-state index is -1.08. The standard InChI is InChI=1S/C18H19NO4.C18H20NO3Si/c1-19-8-7-17-14-10-3-4-12(22-2)15(14)23-16(17)11(20)5-6-18(17,21)13(19)9-10;1-19-9-18-11-5-7-14(22-23-3)17(18)21-16-13(20-2)6-4-10(15(16)18)8-12(11)19/h3-6,13,16,21H,7-9H2,1-2H3;4-7,11-12,14,17H,3,8-9H2,1-2H3/t13?,16?,17-,18?;11?,12?,14?,17?,18-/m00/s1. The summed E-state index contributed by atoms with van der Waals surface area (Å²) in [5.74, 6) is 3.50. The second-order valence-corrected chi connectivity index (χ2v) is 14.7. The van der Waals surface area contributed by atoms with Gasteiger partial charge >= 0.3 is 0 Å². The summed E-state index contributed by atoms with van der Waals surface area (Å²) in [5, 5.41) is 11.7. The summed E-state index contributed by atoms with van der Waals surface area (Å²) in [6.45, 7) is 1.86. The Balaban J connectivity index is 0.000000127. The van der Waals surface area contributed by atoms with Crippen molar-refractivity contribution in [3.63, 3.8) is 0 Å². The topological polar surface area (TPSA) is 89.9 Å². The van der Waals surface area contributed by atoms with E-state index in [9.17, 15) is 9.90 Å². The first kappa shape index (κ1) is 28.8. The van der Waals surface area contributed by atoms with Gasteiger partial charge in [-0.15, -0.1) is 0 Å². The maximum Gasteiger partial charge on any atom is 0.274 e. The average Bonchev–Trinajstić information content (AvgIpc) is 3.66.